The summed E-state index contributed by atoms with van der Waals surface area (Å²) in [6.07, 6.45) is 3.31. The molecule has 100 valence electrons. The lowest BCUT2D eigenvalue weighted by Crippen LogP contribution is -2.31. The fourth-order valence-electron chi connectivity index (χ4n) is 1.51. The van der Waals surface area contributed by atoms with Crippen molar-refractivity contribution < 1.29 is 9.90 Å². The number of carboxylic acids is 1. The number of hydrogen-bond acceptors (Lipinski definition) is 6. The van der Waals surface area contributed by atoms with Gasteiger partial charge in [-0.3, -0.25) is 4.98 Å². The molecule has 0 radical (unpaired) electrons. The molecule has 0 amide bonds. The largest absolute Gasteiger partial charge is 0.549 e. The van der Waals surface area contributed by atoms with Gasteiger partial charge in [0.05, 0.1) is 17.2 Å². The third kappa shape index (κ3) is 3.13. The Kier molecular flexibility index (Phi) is 4.33. The van der Waals surface area contributed by atoms with E-state index in [1.807, 2.05) is 12.1 Å². The van der Waals surface area contributed by atoms with Crippen molar-refractivity contribution in [2.45, 2.75) is 17.2 Å². The highest BCUT2D eigenvalue weighted by Crippen LogP contribution is 2.27. The van der Waals surface area contributed by atoms with Crippen LogP contribution in [0.1, 0.15) is 12.5 Å². The smallest absolute Gasteiger partial charge is 0.115 e. The standard InChI is InChI=1S/C14H11N3O2S/c1-9(14(18)19)20-13-10(7-15)4-5-12(17-13)11-3-2-6-16-8-11/h2-6,8-9H,1H3,(H,18,19)/p-1. The van der Waals surface area contributed by atoms with Gasteiger partial charge in [-0.2, -0.15) is 5.26 Å². The van der Waals surface area contributed by atoms with Gasteiger partial charge in [0.2, 0.25) is 0 Å². The minimum Gasteiger partial charge on any atom is -0.549 e. The first-order valence-corrected chi connectivity index (χ1v) is 6.69. The SMILES string of the molecule is CC(Sc1nc(-c2cccnc2)ccc1C#N)C(=O)[O-]. The van der Waals surface area contributed by atoms with Crippen LogP contribution in [0, 0.1) is 11.3 Å². The van der Waals surface area contributed by atoms with Gasteiger partial charge in [-0.25, -0.2) is 4.98 Å². The fraction of sp³-hybridized carbons (Fsp3) is 0.143. The van der Waals surface area contributed by atoms with Crippen molar-refractivity contribution in [1.82, 2.24) is 9.97 Å². The van der Waals surface area contributed by atoms with Gasteiger partial charge in [0, 0.05) is 23.2 Å². The summed E-state index contributed by atoms with van der Waals surface area (Å²) in [5.74, 6) is -1.19. The van der Waals surface area contributed by atoms with Crippen molar-refractivity contribution in [1.29, 1.82) is 5.26 Å². The molecule has 6 heteroatoms. The van der Waals surface area contributed by atoms with E-state index >= 15 is 0 Å². The average Bonchev–Trinajstić information content (AvgIpc) is 2.48. The van der Waals surface area contributed by atoms with Crippen molar-refractivity contribution in [2.75, 3.05) is 0 Å². The van der Waals surface area contributed by atoms with E-state index in [0.29, 0.717) is 16.3 Å². The summed E-state index contributed by atoms with van der Waals surface area (Å²) in [5.41, 5.74) is 1.79. The lowest BCUT2D eigenvalue weighted by atomic mass is 10.2. The zero-order valence-corrected chi connectivity index (χ0v) is 11.4. The van der Waals surface area contributed by atoms with Gasteiger partial charge in [-0.15, -0.1) is 0 Å². The van der Waals surface area contributed by atoms with Gasteiger partial charge >= 0.3 is 0 Å². The first-order valence-electron chi connectivity index (χ1n) is 5.81. The fourth-order valence-corrected chi connectivity index (χ4v) is 2.33. The second-order valence-corrected chi connectivity index (χ2v) is 5.31. The van der Waals surface area contributed by atoms with E-state index in [4.69, 9.17) is 5.26 Å². The quantitative estimate of drug-likeness (QED) is 0.785. The maximum absolute atomic E-state index is 10.8. The monoisotopic (exact) mass is 284 g/mol. The molecule has 20 heavy (non-hydrogen) atoms. The van der Waals surface area contributed by atoms with E-state index in [-0.39, 0.29) is 0 Å². The molecule has 2 heterocycles. The molecule has 5 nitrogen and oxygen atoms in total. The third-order valence-electron chi connectivity index (χ3n) is 2.56. The number of carboxylic acid groups (broad SMARTS) is 1. The number of nitrogens with zero attached hydrogens (tertiary/aromatic N) is 3. The molecule has 0 aliphatic heterocycles. The number of aliphatic carboxylic acids is 1. The molecule has 0 spiro atoms. The molecular weight excluding hydrogens is 274 g/mol. The zero-order valence-electron chi connectivity index (χ0n) is 10.6. The zero-order chi connectivity index (χ0) is 14.5. The van der Waals surface area contributed by atoms with E-state index < -0.39 is 11.2 Å². The predicted octanol–water partition coefficient (Wildman–Crippen LogP) is 1.25. The molecule has 0 aliphatic rings. The van der Waals surface area contributed by atoms with Crippen LogP contribution in [0.25, 0.3) is 11.3 Å². The van der Waals surface area contributed by atoms with Crippen molar-refractivity contribution in [3.05, 3.63) is 42.2 Å². The normalized spacial score (nSPS) is 11.6. The molecule has 2 rings (SSSR count). The van der Waals surface area contributed by atoms with E-state index in [9.17, 15) is 9.90 Å². The Hall–Kier alpha value is -2.39. The summed E-state index contributed by atoms with van der Waals surface area (Å²) < 4.78 is 0. The van der Waals surface area contributed by atoms with E-state index in [0.717, 1.165) is 17.3 Å². The van der Waals surface area contributed by atoms with Crippen LogP contribution in [0.2, 0.25) is 0 Å². The van der Waals surface area contributed by atoms with Crippen molar-refractivity contribution in [2.24, 2.45) is 0 Å². The number of pyridine rings is 2. The number of carbonyl (C=O) groups is 1. The van der Waals surface area contributed by atoms with Gasteiger partial charge in [0.25, 0.3) is 0 Å². The van der Waals surface area contributed by atoms with Crippen LogP contribution in [0.5, 0.6) is 0 Å². The summed E-state index contributed by atoms with van der Waals surface area (Å²) >= 11 is 0.996. The van der Waals surface area contributed by atoms with E-state index in [2.05, 4.69) is 9.97 Å². The average molecular weight is 284 g/mol. The van der Waals surface area contributed by atoms with Crippen LogP contribution in [0.15, 0.2) is 41.7 Å². The summed E-state index contributed by atoms with van der Waals surface area (Å²) in [6.45, 7) is 1.50. The summed E-state index contributed by atoms with van der Waals surface area (Å²) in [4.78, 5) is 19.2. The molecule has 0 saturated heterocycles. The number of hydrogen-bond donors (Lipinski definition) is 0. The van der Waals surface area contributed by atoms with Crippen LogP contribution >= 0.6 is 11.8 Å². The van der Waals surface area contributed by atoms with E-state index in [1.165, 1.54) is 6.92 Å². The minimum absolute atomic E-state index is 0.343. The highest BCUT2D eigenvalue weighted by Gasteiger charge is 2.12. The Labute approximate surface area is 120 Å². The number of rotatable bonds is 4. The Balaban J connectivity index is 2.40. The molecule has 0 N–H and O–H groups in total. The molecule has 2 aromatic heterocycles. The molecule has 0 aromatic carbocycles. The third-order valence-corrected chi connectivity index (χ3v) is 3.64. The molecule has 0 bridgehead atoms. The number of thioether (sulfide) groups is 1. The topological polar surface area (TPSA) is 89.7 Å². The van der Waals surface area contributed by atoms with Crippen LogP contribution in [-0.4, -0.2) is 21.2 Å². The number of carbonyl (C=O) groups excluding carboxylic acids is 1. The van der Waals surface area contributed by atoms with Gasteiger partial charge in [0.1, 0.15) is 11.1 Å². The summed E-state index contributed by atoms with van der Waals surface area (Å²) in [5, 5.41) is 19.5. The summed E-state index contributed by atoms with van der Waals surface area (Å²) in [7, 11) is 0. The molecule has 1 atom stereocenters. The highest BCUT2D eigenvalue weighted by molar-refractivity contribution is 8.00. The van der Waals surface area contributed by atoms with Crippen LogP contribution < -0.4 is 5.11 Å². The van der Waals surface area contributed by atoms with Crippen molar-refractivity contribution in [3.63, 3.8) is 0 Å². The molecule has 1 unspecified atom stereocenters. The Bertz CT molecular complexity index is 668. The Morgan fingerprint density at radius 1 is 1.45 bits per heavy atom. The lowest BCUT2D eigenvalue weighted by Gasteiger charge is -2.13. The van der Waals surface area contributed by atoms with Crippen LogP contribution in [-0.2, 0) is 4.79 Å². The first-order chi connectivity index (χ1) is 9.61. The van der Waals surface area contributed by atoms with Gasteiger partial charge in [-0.1, -0.05) is 11.8 Å². The molecule has 0 saturated carbocycles. The first kappa shape index (κ1) is 14.0. The molecule has 0 fully saturated rings. The maximum atomic E-state index is 10.8. The molecule has 0 aliphatic carbocycles. The maximum Gasteiger partial charge on any atom is 0.115 e. The number of nitriles is 1. The van der Waals surface area contributed by atoms with Crippen LogP contribution in [0.3, 0.4) is 0 Å². The second-order valence-electron chi connectivity index (χ2n) is 3.98. The molecular formula is C14H10N3O2S-. The second kappa shape index (κ2) is 6.17. The summed E-state index contributed by atoms with van der Waals surface area (Å²) in [6, 6.07) is 8.97. The van der Waals surface area contributed by atoms with Gasteiger partial charge in [-0.05, 0) is 31.2 Å². The minimum atomic E-state index is -1.19. The Morgan fingerprint density at radius 3 is 2.85 bits per heavy atom. The van der Waals surface area contributed by atoms with Crippen LogP contribution in [0.4, 0.5) is 0 Å². The van der Waals surface area contributed by atoms with Crippen molar-refractivity contribution >= 4 is 17.7 Å². The van der Waals surface area contributed by atoms with Gasteiger partial charge < -0.3 is 9.90 Å². The van der Waals surface area contributed by atoms with Gasteiger partial charge in [0.15, 0.2) is 0 Å². The predicted molar refractivity (Wildman–Crippen MR) is 72.5 cm³/mol. The number of aromatic nitrogens is 2. The molecule has 2 aromatic rings. The Morgan fingerprint density at radius 2 is 2.25 bits per heavy atom. The highest BCUT2D eigenvalue weighted by atomic mass is 32.2. The van der Waals surface area contributed by atoms with E-state index in [1.54, 1.807) is 30.6 Å². The van der Waals surface area contributed by atoms with Crippen molar-refractivity contribution in [3.8, 4) is 17.3 Å². The lowest BCUT2D eigenvalue weighted by molar-refractivity contribution is -0.304.